The maximum absolute atomic E-state index is 14.5. The van der Waals surface area contributed by atoms with Crippen molar-refractivity contribution in [3.05, 3.63) is 54.0 Å². The summed E-state index contributed by atoms with van der Waals surface area (Å²) in [4.78, 5) is 5.92. The molecule has 0 amide bonds. The van der Waals surface area contributed by atoms with Crippen molar-refractivity contribution in [2.24, 2.45) is 0 Å². The molecule has 1 aromatic carbocycles. The first-order valence-electron chi connectivity index (χ1n) is 6.75. The van der Waals surface area contributed by atoms with Crippen LogP contribution in [-0.2, 0) is 6.54 Å². The van der Waals surface area contributed by atoms with E-state index >= 15 is 0 Å². The summed E-state index contributed by atoms with van der Waals surface area (Å²) in [6, 6.07) is 11.7. The summed E-state index contributed by atoms with van der Waals surface area (Å²) in [7, 11) is 1.82. The summed E-state index contributed by atoms with van der Waals surface area (Å²) in [5.74, 6) is 0.0752. The van der Waals surface area contributed by atoms with Crippen LogP contribution in [0.2, 0.25) is 0 Å². The lowest BCUT2D eigenvalue weighted by Gasteiger charge is -2.20. The molecular weight excluding hydrogens is 253 g/mol. The van der Waals surface area contributed by atoms with Gasteiger partial charge in [0.25, 0.3) is 0 Å². The third kappa shape index (κ3) is 3.33. The van der Waals surface area contributed by atoms with Crippen LogP contribution in [0.25, 0.3) is 0 Å². The quantitative estimate of drug-likeness (QED) is 0.904. The minimum atomic E-state index is -0.271. The third-order valence-corrected chi connectivity index (χ3v) is 3.11. The molecule has 0 bridgehead atoms. The number of nitrogens with zero attached hydrogens (tertiary/aromatic N) is 2. The molecule has 0 aliphatic heterocycles. The molecule has 0 atom stereocenters. The number of nitrogens with one attached hydrogen (secondary N) is 1. The molecule has 3 nitrogen and oxygen atoms in total. The Morgan fingerprint density at radius 1 is 1.20 bits per heavy atom. The number of para-hydroxylation sites is 1. The Morgan fingerprint density at radius 2 is 1.90 bits per heavy atom. The fourth-order valence-corrected chi connectivity index (χ4v) is 1.93. The number of pyridine rings is 1. The highest BCUT2D eigenvalue weighted by Crippen LogP contribution is 2.25. The number of halogens is 1. The van der Waals surface area contributed by atoms with E-state index in [0.717, 1.165) is 5.69 Å². The average molecular weight is 273 g/mol. The van der Waals surface area contributed by atoms with Gasteiger partial charge in [-0.25, -0.2) is 9.37 Å². The Morgan fingerprint density at radius 3 is 2.55 bits per heavy atom. The summed E-state index contributed by atoms with van der Waals surface area (Å²) >= 11 is 0. The van der Waals surface area contributed by atoms with E-state index in [1.807, 2.05) is 51.2 Å². The number of benzene rings is 1. The molecule has 0 aliphatic rings. The first-order chi connectivity index (χ1) is 9.59. The zero-order valence-electron chi connectivity index (χ0n) is 12.1. The highest BCUT2D eigenvalue weighted by Gasteiger charge is 2.14. The third-order valence-electron chi connectivity index (χ3n) is 3.11. The van der Waals surface area contributed by atoms with E-state index < -0.39 is 0 Å². The van der Waals surface area contributed by atoms with Gasteiger partial charge < -0.3 is 10.2 Å². The van der Waals surface area contributed by atoms with Crippen LogP contribution in [0.1, 0.15) is 19.4 Å². The average Bonchev–Trinajstić information content (AvgIpc) is 2.46. The van der Waals surface area contributed by atoms with Crippen molar-refractivity contribution in [1.29, 1.82) is 0 Å². The van der Waals surface area contributed by atoms with E-state index in [2.05, 4.69) is 10.3 Å². The van der Waals surface area contributed by atoms with Gasteiger partial charge in [-0.05, 0) is 18.2 Å². The maximum Gasteiger partial charge on any atom is 0.170 e. The Labute approximate surface area is 119 Å². The van der Waals surface area contributed by atoms with Crippen molar-refractivity contribution in [2.45, 2.75) is 26.4 Å². The Balaban J connectivity index is 2.26. The first-order valence-corrected chi connectivity index (χ1v) is 6.75. The van der Waals surface area contributed by atoms with Crippen molar-refractivity contribution in [1.82, 2.24) is 10.3 Å². The van der Waals surface area contributed by atoms with Crippen molar-refractivity contribution in [3.63, 3.8) is 0 Å². The van der Waals surface area contributed by atoms with E-state index in [1.54, 1.807) is 17.2 Å². The van der Waals surface area contributed by atoms with Gasteiger partial charge in [0.2, 0.25) is 0 Å². The largest absolute Gasteiger partial charge is 0.327 e. The van der Waals surface area contributed by atoms with Gasteiger partial charge in [0.1, 0.15) is 0 Å². The van der Waals surface area contributed by atoms with Crippen LogP contribution in [0.3, 0.4) is 0 Å². The summed E-state index contributed by atoms with van der Waals surface area (Å²) in [5.41, 5.74) is 1.54. The van der Waals surface area contributed by atoms with Gasteiger partial charge in [-0.15, -0.1) is 0 Å². The van der Waals surface area contributed by atoms with E-state index in [9.17, 15) is 4.39 Å². The normalized spacial score (nSPS) is 10.8. The second-order valence-corrected chi connectivity index (χ2v) is 5.04. The molecule has 0 saturated carbocycles. The molecule has 0 unspecified atom stereocenters. The zero-order chi connectivity index (χ0) is 14.5. The van der Waals surface area contributed by atoms with Crippen LogP contribution in [0.15, 0.2) is 42.6 Å². The number of anilines is 2. The summed E-state index contributed by atoms with van der Waals surface area (Å²) < 4.78 is 14.5. The fraction of sp³-hybridized carbons (Fsp3) is 0.312. The molecule has 20 heavy (non-hydrogen) atoms. The lowest BCUT2D eigenvalue weighted by atomic mass is 10.2. The minimum Gasteiger partial charge on any atom is -0.327 e. The van der Waals surface area contributed by atoms with Crippen LogP contribution >= 0.6 is 0 Å². The van der Waals surface area contributed by atoms with Gasteiger partial charge in [-0.1, -0.05) is 32.0 Å². The monoisotopic (exact) mass is 273 g/mol. The molecule has 1 N–H and O–H groups in total. The SMILES string of the molecule is CC(C)NCc1ccnc(N(C)c2ccccc2)c1F. The predicted octanol–water partition coefficient (Wildman–Crippen LogP) is 3.49. The lowest BCUT2D eigenvalue weighted by Crippen LogP contribution is -2.23. The molecular formula is C16H20FN3. The topological polar surface area (TPSA) is 28.2 Å². The van der Waals surface area contributed by atoms with E-state index in [0.29, 0.717) is 24.0 Å². The molecule has 106 valence electrons. The molecule has 0 radical (unpaired) electrons. The molecule has 0 saturated heterocycles. The van der Waals surface area contributed by atoms with Gasteiger partial charge in [0.05, 0.1) is 0 Å². The molecule has 2 aromatic rings. The zero-order valence-corrected chi connectivity index (χ0v) is 12.1. The minimum absolute atomic E-state index is 0.271. The highest BCUT2D eigenvalue weighted by atomic mass is 19.1. The number of aromatic nitrogens is 1. The van der Waals surface area contributed by atoms with Gasteiger partial charge in [0.15, 0.2) is 11.6 Å². The Bertz CT molecular complexity index is 555. The van der Waals surface area contributed by atoms with E-state index in [1.165, 1.54) is 0 Å². The standard InChI is InChI=1S/C16H20FN3/c1-12(2)19-11-13-9-10-18-16(15(13)17)20(3)14-7-5-4-6-8-14/h4-10,12,19H,11H2,1-3H3. The van der Waals surface area contributed by atoms with Crippen molar-refractivity contribution in [3.8, 4) is 0 Å². The van der Waals surface area contributed by atoms with Crippen molar-refractivity contribution >= 4 is 11.5 Å². The van der Waals surface area contributed by atoms with Crippen LogP contribution in [-0.4, -0.2) is 18.1 Å². The molecule has 4 heteroatoms. The number of rotatable bonds is 5. The van der Waals surface area contributed by atoms with Crippen LogP contribution in [0, 0.1) is 5.82 Å². The number of hydrogen-bond donors (Lipinski definition) is 1. The maximum atomic E-state index is 14.5. The lowest BCUT2D eigenvalue weighted by molar-refractivity contribution is 0.550. The molecule has 1 aromatic heterocycles. The van der Waals surface area contributed by atoms with Gasteiger partial charge in [-0.3, -0.25) is 0 Å². The number of hydrogen-bond acceptors (Lipinski definition) is 3. The fourth-order valence-electron chi connectivity index (χ4n) is 1.93. The Kier molecular flexibility index (Phi) is 4.69. The molecule has 0 fully saturated rings. The van der Waals surface area contributed by atoms with E-state index in [4.69, 9.17) is 0 Å². The van der Waals surface area contributed by atoms with Crippen molar-refractivity contribution < 1.29 is 4.39 Å². The van der Waals surface area contributed by atoms with Crippen molar-refractivity contribution in [2.75, 3.05) is 11.9 Å². The summed E-state index contributed by atoms with van der Waals surface area (Å²) in [6.45, 7) is 4.58. The van der Waals surface area contributed by atoms with Gasteiger partial charge in [-0.2, -0.15) is 0 Å². The van der Waals surface area contributed by atoms with Gasteiger partial charge >= 0.3 is 0 Å². The second-order valence-electron chi connectivity index (χ2n) is 5.04. The van der Waals surface area contributed by atoms with Crippen LogP contribution in [0.4, 0.5) is 15.9 Å². The molecule has 1 heterocycles. The Hall–Kier alpha value is -1.94. The van der Waals surface area contributed by atoms with E-state index in [-0.39, 0.29) is 5.82 Å². The summed E-state index contributed by atoms with van der Waals surface area (Å²) in [6.07, 6.45) is 1.65. The van der Waals surface area contributed by atoms with Gasteiger partial charge in [0, 0.05) is 37.1 Å². The molecule has 0 spiro atoms. The smallest absolute Gasteiger partial charge is 0.170 e. The highest BCUT2D eigenvalue weighted by molar-refractivity contribution is 5.59. The van der Waals surface area contributed by atoms with Crippen LogP contribution in [0.5, 0.6) is 0 Å². The first kappa shape index (κ1) is 14.5. The second kappa shape index (κ2) is 6.48. The predicted molar refractivity (Wildman–Crippen MR) is 80.7 cm³/mol. The molecule has 0 aliphatic carbocycles. The molecule has 2 rings (SSSR count). The van der Waals surface area contributed by atoms with Crippen LogP contribution < -0.4 is 10.2 Å². The summed E-state index contributed by atoms with van der Waals surface area (Å²) in [5, 5.41) is 3.22.